The predicted molar refractivity (Wildman–Crippen MR) is 68.8 cm³/mol. The molecule has 1 heterocycles. The van der Waals surface area contributed by atoms with Crippen molar-refractivity contribution in [3.63, 3.8) is 0 Å². The van der Waals surface area contributed by atoms with Crippen LogP contribution >= 0.6 is 0 Å². The van der Waals surface area contributed by atoms with Crippen LogP contribution in [0.1, 0.15) is 16.1 Å². The number of nitrogens with two attached hydrogens (primary N) is 1. The van der Waals surface area contributed by atoms with E-state index in [0.29, 0.717) is 18.7 Å². The van der Waals surface area contributed by atoms with E-state index in [1.165, 1.54) is 12.4 Å². The third-order valence-corrected chi connectivity index (χ3v) is 2.69. The Morgan fingerprint density at radius 3 is 2.85 bits per heavy atom. The molecule has 106 valence electrons. The van der Waals surface area contributed by atoms with Crippen LogP contribution in [0.15, 0.2) is 30.7 Å². The fourth-order valence-corrected chi connectivity index (χ4v) is 1.67. The minimum atomic E-state index is -0.941. The molecule has 3 N–H and O–H groups in total. The van der Waals surface area contributed by atoms with E-state index in [1.807, 2.05) is 0 Å². The highest BCUT2D eigenvalue weighted by atomic mass is 19.2. The van der Waals surface area contributed by atoms with Gasteiger partial charge in [0.25, 0.3) is 5.91 Å². The zero-order chi connectivity index (χ0) is 14.5. The van der Waals surface area contributed by atoms with Gasteiger partial charge in [-0.25, -0.2) is 13.8 Å². The molecule has 1 aromatic carbocycles. The maximum absolute atomic E-state index is 13.0. The lowest BCUT2D eigenvalue weighted by Crippen LogP contribution is -2.23. The molecule has 0 fully saturated rings. The lowest BCUT2D eigenvalue weighted by Gasteiger charge is -2.04. The molecule has 0 saturated heterocycles. The predicted octanol–water partition coefficient (Wildman–Crippen LogP) is 1.05. The SMILES string of the molecule is NCCn1cnc(C(=O)NCc2ccc(F)c(F)c2)c1. The number of nitrogens with zero attached hydrogens (tertiary/aromatic N) is 2. The number of hydrogen-bond acceptors (Lipinski definition) is 3. The van der Waals surface area contributed by atoms with E-state index in [-0.39, 0.29) is 18.1 Å². The summed E-state index contributed by atoms with van der Waals surface area (Å²) in [7, 11) is 0. The van der Waals surface area contributed by atoms with Gasteiger partial charge in [0.2, 0.25) is 0 Å². The van der Waals surface area contributed by atoms with Gasteiger partial charge in [-0.3, -0.25) is 4.79 Å². The van der Waals surface area contributed by atoms with Gasteiger partial charge in [0.05, 0.1) is 6.33 Å². The van der Waals surface area contributed by atoms with Crippen LogP contribution in [-0.4, -0.2) is 22.0 Å². The number of rotatable bonds is 5. The van der Waals surface area contributed by atoms with Crippen LogP contribution in [0.25, 0.3) is 0 Å². The van der Waals surface area contributed by atoms with Gasteiger partial charge in [0.15, 0.2) is 11.6 Å². The number of amides is 1. The Hall–Kier alpha value is -2.28. The van der Waals surface area contributed by atoms with E-state index in [4.69, 9.17) is 5.73 Å². The van der Waals surface area contributed by atoms with Crippen molar-refractivity contribution in [3.8, 4) is 0 Å². The second-order valence-corrected chi connectivity index (χ2v) is 4.22. The van der Waals surface area contributed by atoms with Crippen molar-refractivity contribution in [2.75, 3.05) is 6.54 Å². The lowest BCUT2D eigenvalue weighted by atomic mass is 10.2. The Bertz CT molecular complexity index is 612. The van der Waals surface area contributed by atoms with Crippen molar-refractivity contribution in [1.82, 2.24) is 14.9 Å². The van der Waals surface area contributed by atoms with Crippen molar-refractivity contribution in [2.24, 2.45) is 5.73 Å². The second-order valence-electron chi connectivity index (χ2n) is 4.22. The number of aromatic nitrogens is 2. The van der Waals surface area contributed by atoms with Crippen LogP contribution in [0, 0.1) is 11.6 Å². The van der Waals surface area contributed by atoms with E-state index in [0.717, 1.165) is 12.1 Å². The summed E-state index contributed by atoms with van der Waals surface area (Å²) < 4.78 is 27.5. The summed E-state index contributed by atoms with van der Waals surface area (Å²) in [5.74, 6) is -2.24. The van der Waals surface area contributed by atoms with Crippen LogP contribution in [0.4, 0.5) is 8.78 Å². The Morgan fingerprint density at radius 1 is 1.35 bits per heavy atom. The highest BCUT2D eigenvalue weighted by molar-refractivity contribution is 5.91. The fourth-order valence-electron chi connectivity index (χ4n) is 1.67. The summed E-state index contributed by atoms with van der Waals surface area (Å²) in [5, 5.41) is 2.58. The molecule has 20 heavy (non-hydrogen) atoms. The van der Waals surface area contributed by atoms with Gasteiger partial charge in [0.1, 0.15) is 5.69 Å². The quantitative estimate of drug-likeness (QED) is 0.860. The summed E-state index contributed by atoms with van der Waals surface area (Å²) in [5.41, 5.74) is 6.11. The number of carbonyl (C=O) groups is 1. The third-order valence-electron chi connectivity index (χ3n) is 2.69. The Balaban J connectivity index is 1.95. The highest BCUT2D eigenvalue weighted by Gasteiger charge is 2.09. The molecule has 5 nitrogen and oxygen atoms in total. The number of carbonyl (C=O) groups excluding carboxylic acids is 1. The van der Waals surface area contributed by atoms with Crippen molar-refractivity contribution in [2.45, 2.75) is 13.1 Å². The first-order valence-electron chi connectivity index (χ1n) is 6.04. The standard InChI is InChI=1S/C13H14F2N4O/c14-10-2-1-9(5-11(10)15)6-17-13(20)12-7-19(4-3-16)8-18-12/h1-2,5,7-8H,3-4,6,16H2,(H,17,20). The van der Waals surface area contributed by atoms with Crippen LogP contribution in [0.3, 0.4) is 0 Å². The van der Waals surface area contributed by atoms with E-state index >= 15 is 0 Å². The molecule has 1 aromatic heterocycles. The first kappa shape index (κ1) is 14.1. The Kier molecular flexibility index (Phi) is 4.41. The maximum atomic E-state index is 13.0. The average Bonchev–Trinajstić information content (AvgIpc) is 2.89. The summed E-state index contributed by atoms with van der Waals surface area (Å²) in [4.78, 5) is 15.7. The molecule has 0 spiro atoms. The van der Waals surface area contributed by atoms with Gasteiger partial charge < -0.3 is 15.6 Å². The molecule has 0 aliphatic rings. The molecular formula is C13H14F2N4O. The number of hydrogen-bond donors (Lipinski definition) is 2. The highest BCUT2D eigenvalue weighted by Crippen LogP contribution is 2.08. The molecule has 0 atom stereocenters. The molecule has 0 saturated carbocycles. The van der Waals surface area contributed by atoms with Crippen LogP contribution in [0.2, 0.25) is 0 Å². The van der Waals surface area contributed by atoms with Crippen molar-refractivity contribution in [1.29, 1.82) is 0 Å². The number of imidazole rings is 1. The molecule has 0 aliphatic carbocycles. The van der Waals surface area contributed by atoms with Crippen LogP contribution in [0.5, 0.6) is 0 Å². The van der Waals surface area contributed by atoms with Gasteiger partial charge >= 0.3 is 0 Å². The third kappa shape index (κ3) is 3.39. The number of halogens is 2. The molecule has 1 amide bonds. The zero-order valence-corrected chi connectivity index (χ0v) is 10.6. The second kappa shape index (κ2) is 6.25. The van der Waals surface area contributed by atoms with Gasteiger partial charge in [-0.15, -0.1) is 0 Å². The summed E-state index contributed by atoms with van der Waals surface area (Å²) in [6.07, 6.45) is 3.09. The van der Waals surface area contributed by atoms with Crippen molar-refractivity contribution >= 4 is 5.91 Å². The smallest absolute Gasteiger partial charge is 0.271 e. The van der Waals surface area contributed by atoms with Gasteiger partial charge in [-0.1, -0.05) is 6.07 Å². The first-order chi connectivity index (χ1) is 9.60. The molecular weight excluding hydrogens is 266 g/mol. The lowest BCUT2D eigenvalue weighted by molar-refractivity contribution is 0.0946. The zero-order valence-electron chi connectivity index (χ0n) is 10.6. The largest absolute Gasteiger partial charge is 0.347 e. The summed E-state index contributed by atoms with van der Waals surface area (Å²) in [6, 6.07) is 3.47. The number of benzene rings is 1. The molecule has 2 aromatic rings. The van der Waals surface area contributed by atoms with Crippen LogP contribution < -0.4 is 11.1 Å². The van der Waals surface area contributed by atoms with E-state index in [9.17, 15) is 13.6 Å². The molecule has 0 aliphatic heterocycles. The molecule has 7 heteroatoms. The van der Waals surface area contributed by atoms with Gasteiger partial charge in [-0.2, -0.15) is 0 Å². The number of nitrogens with one attached hydrogen (secondary N) is 1. The fraction of sp³-hybridized carbons (Fsp3) is 0.231. The maximum Gasteiger partial charge on any atom is 0.271 e. The van der Waals surface area contributed by atoms with E-state index in [2.05, 4.69) is 10.3 Å². The van der Waals surface area contributed by atoms with Gasteiger partial charge in [-0.05, 0) is 17.7 Å². The minimum absolute atomic E-state index is 0.0970. The van der Waals surface area contributed by atoms with Crippen molar-refractivity contribution in [3.05, 3.63) is 53.6 Å². The van der Waals surface area contributed by atoms with Gasteiger partial charge in [0, 0.05) is 25.8 Å². The molecule has 0 radical (unpaired) electrons. The Labute approximate surface area is 114 Å². The van der Waals surface area contributed by atoms with Crippen molar-refractivity contribution < 1.29 is 13.6 Å². The monoisotopic (exact) mass is 280 g/mol. The molecule has 0 unspecified atom stereocenters. The Morgan fingerprint density at radius 2 is 2.15 bits per heavy atom. The summed E-state index contributed by atoms with van der Waals surface area (Å²) in [6.45, 7) is 1.12. The van der Waals surface area contributed by atoms with Crippen LogP contribution in [-0.2, 0) is 13.1 Å². The topological polar surface area (TPSA) is 72.9 Å². The minimum Gasteiger partial charge on any atom is -0.347 e. The van der Waals surface area contributed by atoms with E-state index in [1.54, 1.807) is 10.8 Å². The van der Waals surface area contributed by atoms with E-state index < -0.39 is 11.6 Å². The molecule has 0 bridgehead atoms. The normalized spacial score (nSPS) is 10.6. The summed E-state index contributed by atoms with van der Waals surface area (Å²) >= 11 is 0. The average molecular weight is 280 g/mol. The first-order valence-corrected chi connectivity index (χ1v) is 6.04. The molecule has 2 rings (SSSR count).